The Morgan fingerprint density at radius 3 is 2.95 bits per heavy atom. The van der Waals surface area contributed by atoms with Crippen LogP contribution >= 0.6 is 0 Å². The highest BCUT2D eigenvalue weighted by Gasteiger charge is 2.25. The Balaban J connectivity index is 1.57. The molecule has 2 aliphatic rings. The minimum atomic E-state index is 0.664. The summed E-state index contributed by atoms with van der Waals surface area (Å²) in [5.41, 5.74) is 3.73. The van der Waals surface area contributed by atoms with E-state index >= 15 is 0 Å². The number of aromatic nitrogens is 2. The van der Waals surface area contributed by atoms with Gasteiger partial charge in [-0.15, -0.1) is 0 Å². The number of ether oxygens (including phenoxy) is 1. The van der Waals surface area contributed by atoms with Gasteiger partial charge in [0, 0.05) is 49.8 Å². The molecule has 0 saturated carbocycles. The number of pyridine rings is 2. The molecule has 4 rings (SSSR count). The Labute approximate surface area is 124 Å². The van der Waals surface area contributed by atoms with Gasteiger partial charge in [-0.25, -0.2) is 4.98 Å². The van der Waals surface area contributed by atoms with Gasteiger partial charge in [-0.1, -0.05) is 0 Å². The van der Waals surface area contributed by atoms with Gasteiger partial charge in [0.25, 0.3) is 0 Å². The Bertz CT molecular complexity index is 623. The fraction of sp³-hybridized carbons (Fsp3) is 0.412. The maximum absolute atomic E-state index is 5.48. The molecule has 1 fully saturated rings. The summed E-state index contributed by atoms with van der Waals surface area (Å²) in [5, 5.41) is 0. The van der Waals surface area contributed by atoms with E-state index in [4.69, 9.17) is 9.72 Å². The molecule has 4 nitrogen and oxygen atoms in total. The van der Waals surface area contributed by atoms with Crippen LogP contribution in [-0.2, 0) is 11.2 Å². The first-order chi connectivity index (χ1) is 10.4. The number of nitrogens with zero attached hydrogens (tertiary/aromatic N) is 3. The van der Waals surface area contributed by atoms with E-state index in [1.165, 1.54) is 28.9 Å². The van der Waals surface area contributed by atoms with Crippen molar-refractivity contribution in [1.29, 1.82) is 0 Å². The molecule has 4 heteroatoms. The molecule has 0 bridgehead atoms. The van der Waals surface area contributed by atoms with Crippen molar-refractivity contribution in [2.45, 2.75) is 12.8 Å². The average molecular weight is 281 g/mol. The summed E-state index contributed by atoms with van der Waals surface area (Å²) in [7, 11) is 0. The lowest BCUT2D eigenvalue weighted by Crippen LogP contribution is -2.28. The van der Waals surface area contributed by atoms with Gasteiger partial charge in [0.1, 0.15) is 5.82 Å². The quantitative estimate of drug-likeness (QED) is 0.866. The molecule has 2 aromatic rings. The average Bonchev–Trinajstić information content (AvgIpc) is 3.18. The first-order valence-corrected chi connectivity index (χ1v) is 7.62. The molecule has 1 saturated heterocycles. The predicted octanol–water partition coefficient (Wildman–Crippen LogP) is 2.54. The number of hydrogen-bond acceptors (Lipinski definition) is 4. The molecule has 0 aliphatic carbocycles. The van der Waals surface area contributed by atoms with Crippen LogP contribution in [0, 0.1) is 5.92 Å². The van der Waals surface area contributed by atoms with Crippen molar-refractivity contribution in [2.75, 3.05) is 31.2 Å². The van der Waals surface area contributed by atoms with Crippen LogP contribution in [0.1, 0.15) is 12.0 Å². The zero-order chi connectivity index (χ0) is 14.1. The highest BCUT2D eigenvalue weighted by molar-refractivity contribution is 5.66. The van der Waals surface area contributed by atoms with E-state index in [0.717, 1.165) is 32.7 Å². The second-order valence-electron chi connectivity index (χ2n) is 5.87. The molecule has 0 N–H and O–H groups in total. The van der Waals surface area contributed by atoms with Crippen molar-refractivity contribution in [3.63, 3.8) is 0 Å². The molecule has 0 amide bonds. The smallest absolute Gasteiger partial charge is 0.131 e. The van der Waals surface area contributed by atoms with E-state index < -0.39 is 0 Å². The highest BCUT2D eigenvalue weighted by atomic mass is 16.5. The molecule has 0 radical (unpaired) electrons. The molecular formula is C17H19N3O. The van der Waals surface area contributed by atoms with Crippen LogP contribution in [0.3, 0.4) is 0 Å². The summed E-state index contributed by atoms with van der Waals surface area (Å²) >= 11 is 0. The summed E-state index contributed by atoms with van der Waals surface area (Å²) in [6, 6.07) is 6.35. The molecule has 2 aliphatic heterocycles. The molecule has 2 aromatic heterocycles. The van der Waals surface area contributed by atoms with E-state index in [0.29, 0.717) is 5.92 Å². The zero-order valence-corrected chi connectivity index (χ0v) is 12.0. The third kappa shape index (κ3) is 2.51. The van der Waals surface area contributed by atoms with E-state index in [-0.39, 0.29) is 0 Å². The Morgan fingerprint density at radius 1 is 1.24 bits per heavy atom. The van der Waals surface area contributed by atoms with Crippen molar-refractivity contribution < 1.29 is 4.74 Å². The summed E-state index contributed by atoms with van der Waals surface area (Å²) in [5.74, 6) is 1.83. The maximum Gasteiger partial charge on any atom is 0.131 e. The van der Waals surface area contributed by atoms with Crippen molar-refractivity contribution in [3.8, 4) is 11.1 Å². The molecule has 0 spiro atoms. The van der Waals surface area contributed by atoms with Crippen molar-refractivity contribution in [2.24, 2.45) is 5.92 Å². The van der Waals surface area contributed by atoms with Gasteiger partial charge in [-0.2, -0.15) is 0 Å². The fourth-order valence-electron chi connectivity index (χ4n) is 3.25. The second kappa shape index (κ2) is 5.45. The minimum absolute atomic E-state index is 0.664. The highest BCUT2D eigenvalue weighted by Crippen LogP contribution is 2.31. The number of fused-ring (bicyclic) bond motifs is 1. The first kappa shape index (κ1) is 12.8. The van der Waals surface area contributed by atoms with Crippen LogP contribution < -0.4 is 4.90 Å². The predicted molar refractivity (Wildman–Crippen MR) is 82.3 cm³/mol. The van der Waals surface area contributed by atoms with Crippen molar-refractivity contribution in [1.82, 2.24) is 9.97 Å². The van der Waals surface area contributed by atoms with Crippen LogP contribution in [0.2, 0.25) is 0 Å². The molecule has 21 heavy (non-hydrogen) atoms. The molecule has 108 valence electrons. The third-order valence-electron chi connectivity index (χ3n) is 4.41. The molecular weight excluding hydrogens is 262 g/mol. The Hall–Kier alpha value is -1.94. The van der Waals surface area contributed by atoms with E-state index in [9.17, 15) is 0 Å². The van der Waals surface area contributed by atoms with Gasteiger partial charge in [-0.3, -0.25) is 4.98 Å². The molecule has 0 aromatic carbocycles. The summed E-state index contributed by atoms with van der Waals surface area (Å²) < 4.78 is 5.48. The van der Waals surface area contributed by atoms with Gasteiger partial charge in [0.05, 0.1) is 6.61 Å². The van der Waals surface area contributed by atoms with Crippen molar-refractivity contribution in [3.05, 3.63) is 42.4 Å². The standard InChI is InChI=1S/C17H19N3O/c1-5-18-6-2-14(1)16-9-15-3-7-20(17(15)19-10-16)11-13-4-8-21-12-13/h1-2,5-6,9-10,13H,3-4,7-8,11-12H2. The SMILES string of the molecule is c1cc(-c2cnc3c(c2)CCN3CC2CCOC2)ccn1. The lowest BCUT2D eigenvalue weighted by Gasteiger charge is -2.21. The Morgan fingerprint density at radius 2 is 2.14 bits per heavy atom. The van der Waals surface area contributed by atoms with E-state index in [1.54, 1.807) is 0 Å². The van der Waals surface area contributed by atoms with Crippen LogP contribution in [-0.4, -0.2) is 36.3 Å². The lowest BCUT2D eigenvalue weighted by molar-refractivity contribution is 0.186. The summed E-state index contributed by atoms with van der Waals surface area (Å²) in [6.45, 7) is 3.98. The molecule has 4 heterocycles. The van der Waals surface area contributed by atoms with E-state index in [2.05, 4.69) is 16.0 Å². The van der Waals surface area contributed by atoms with Crippen LogP contribution in [0.4, 0.5) is 5.82 Å². The lowest BCUT2D eigenvalue weighted by atomic mass is 10.1. The summed E-state index contributed by atoms with van der Waals surface area (Å²) in [4.78, 5) is 11.2. The number of anilines is 1. The molecule has 1 atom stereocenters. The maximum atomic E-state index is 5.48. The van der Waals surface area contributed by atoms with Gasteiger partial charge >= 0.3 is 0 Å². The van der Waals surface area contributed by atoms with Gasteiger partial charge in [-0.05, 0) is 42.2 Å². The van der Waals surface area contributed by atoms with E-state index in [1.807, 2.05) is 30.7 Å². The van der Waals surface area contributed by atoms with Gasteiger partial charge < -0.3 is 9.64 Å². The number of hydrogen-bond donors (Lipinski definition) is 0. The van der Waals surface area contributed by atoms with Crippen molar-refractivity contribution >= 4 is 5.82 Å². The van der Waals surface area contributed by atoms with Crippen LogP contribution in [0.25, 0.3) is 11.1 Å². The monoisotopic (exact) mass is 281 g/mol. The van der Waals surface area contributed by atoms with Gasteiger partial charge in [0.15, 0.2) is 0 Å². The Kier molecular flexibility index (Phi) is 3.31. The fourth-order valence-corrected chi connectivity index (χ4v) is 3.25. The largest absolute Gasteiger partial charge is 0.381 e. The van der Waals surface area contributed by atoms with Crippen LogP contribution in [0.5, 0.6) is 0 Å². The minimum Gasteiger partial charge on any atom is -0.381 e. The first-order valence-electron chi connectivity index (χ1n) is 7.62. The van der Waals surface area contributed by atoms with Crippen LogP contribution in [0.15, 0.2) is 36.8 Å². The third-order valence-corrected chi connectivity index (χ3v) is 4.41. The molecule has 1 unspecified atom stereocenters. The topological polar surface area (TPSA) is 38.2 Å². The van der Waals surface area contributed by atoms with Gasteiger partial charge in [0.2, 0.25) is 0 Å². The number of rotatable bonds is 3. The second-order valence-corrected chi connectivity index (χ2v) is 5.87. The normalized spacial score (nSPS) is 20.8. The summed E-state index contributed by atoms with van der Waals surface area (Å²) in [6.07, 6.45) is 7.91. The zero-order valence-electron chi connectivity index (χ0n) is 12.0.